The maximum absolute atomic E-state index is 13.3. The van der Waals surface area contributed by atoms with Crippen LogP contribution < -0.4 is 10.6 Å². The zero-order valence-corrected chi connectivity index (χ0v) is 12.3. The highest BCUT2D eigenvalue weighted by atomic mass is 19.1. The maximum atomic E-state index is 13.3. The molecule has 0 unspecified atom stereocenters. The Labute approximate surface area is 127 Å². The number of hydrogen-bond acceptors (Lipinski definition) is 4. The first-order valence-corrected chi connectivity index (χ1v) is 7.33. The van der Waals surface area contributed by atoms with Gasteiger partial charge in [-0.15, -0.1) is 5.10 Å². The van der Waals surface area contributed by atoms with E-state index in [9.17, 15) is 9.18 Å². The monoisotopic (exact) mass is 303 g/mol. The van der Waals surface area contributed by atoms with Crippen LogP contribution >= 0.6 is 0 Å². The van der Waals surface area contributed by atoms with E-state index in [0.717, 1.165) is 31.5 Å². The van der Waals surface area contributed by atoms with E-state index in [-0.39, 0.29) is 23.5 Å². The minimum Gasteiger partial charge on any atom is -0.320 e. The first kappa shape index (κ1) is 14.6. The van der Waals surface area contributed by atoms with Crippen molar-refractivity contribution in [2.45, 2.75) is 25.8 Å². The van der Waals surface area contributed by atoms with Crippen LogP contribution in [0.15, 0.2) is 24.4 Å². The highest BCUT2D eigenvalue weighted by molar-refractivity contribution is 6.02. The van der Waals surface area contributed by atoms with Crippen LogP contribution in [0.3, 0.4) is 0 Å². The van der Waals surface area contributed by atoms with E-state index >= 15 is 0 Å². The fraction of sp³-hybridized carbons (Fsp3) is 0.400. The second-order valence-electron chi connectivity index (χ2n) is 5.54. The molecule has 2 heterocycles. The fourth-order valence-corrected chi connectivity index (χ4v) is 2.63. The van der Waals surface area contributed by atoms with Gasteiger partial charge in [0.15, 0.2) is 5.69 Å². The van der Waals surface area contributed by atoms with Crippen molar-refractivity contribution in [3.63, 3.8) is 0 Å². The first-order valence-electron chi connectivity index (χ1n) is 7.33. The zero-order chi connectivity index (χ0) is 15.5. The molecule has 1 aromatic heterocycles. The van der Waals surface area contributed by atoms with Crippen LogP contribution in [0.2, 0.25) is 0 Å². The molecule has 0 atom stereocenters. The Balaban J connectivity index is 1.71. The second kappa shape index (κ2) is 6.23. The van der Waals surface area contributed by atoms with Gasteiger partial charge >= 0.3 is 0 Å². The van der Waals surface area contributed by atoms with Crippen molar-refractivity contribution in [2.24, 2.45) is 0 Å². The van der Waals surface area contributed by atoms with Gasteiger partial charge in [0.25, 0.3) is 5.91 Å². The summed E-state index contributed by atoms with van der Waals surface area (Å²) < 4.78 is 15.1. The number of nitrogens with one attached hydrogen (secondary N) is 2. The Hall–Kier alpha value is -2.28. The third-order valence-corrected chi connectivity index (χ3v) is 3.73. The van der Waals surface area contributed by atoms with Gasteiger partial charge in [-0.05, 0) is 56.6 Å². The summed E-state index contributed by atoms with van der Waals surface area (Å²) in [6.45, 7) is 3.65. The molecule has 7 heteroatoms. The van der Waals surface area contributed by atoms with Crippen LogP contribution in [0.1, 0.15) is 34.9 Å². The van der Waals surface area contributed by atoms with E-state index in [2.05, 4.69) is 20.9 Å². The fourth-order valence-electron chi connectivity index (χ4n) is 2.63. The summed E-state index contributed by atoms with van der Waals surface area (Å²) >= 11 is 0. The molecule has 1 fully saturated rings. The number of rotatable bonds is 3. The van der Waals surface area contributed by atoms with Crippen molar-refractivity contribution < 1.29 is 9.18 Å². The van der Waals surface area contributed by atoms with Crippen LogP contribution in [0.4, 0.5) is 10.1 Å². The molecule has 1 amide bonds. The Morgan fingerprint density at radius 2 is 2.14 bits per heavy atom. The molecular formula is C15H18FN5O. The molecule has 1 aliphatic heterocycles. The molecule has 116 valence electrons. The van der Waals surface area contributed by atoms with Crippen molar-refractivity contribution in [3.8, 4) is 0 Å². The molecule has 0 saturated carbocycles. The van der Waals surface area contributed by atoms with Crippen molar-refractivity contribution >= 4 is 11.6 Å². The number of anilines is 1. The van der Waals surface area contributed by atoms with Crippen LogP contribution in [-0.2, 0) is 0 Å². The molecule has 3 rings (SSSR count). The average molecular weight is 303 g/mol. The number of nitrogens with zero attached hydrogens (tertiary/aromatic N) is 3. The average Bonchev–Trinajstić information content (AvgIpc) is 2.97. The van der Waals surface area contributed by atoms with E-state index < -0.39 is 0 Å². The molecule has 0 bridgehead atoms. The number of piperidine rings is 1. The number of carbonyl (C=O) groups excluding carboxylic acids is 1. The van der Waals surface area contributed by atoms with Crippen molar-refractivity contribution in [2.75, 3.05) is 18.4 Å². The molecule has 0 spiro atoms. The lowest BCUT2D eigenvalue weighted by atomic mass is 10.1. The predicted octanol–water partition coefficient (Wildman–Crippen LogP) is 1.90. The molecule has 2 N–H and O–H groups in total. The number of amides is 1. The molecular weight excluding hydrogens is 285 g/mol. The third kappa shape index (κ3) is 3.30. The molecule has 22 heavy (non-hydrogen) atoms. The Morgan fingerprint density at radius 1 is 1.36 bits per heavy atom. The van der Waals surface area contributed by atoms with Crippen LogP contribution in [0.5, 0.6) is 0 Å². The van der Waals surface area contributed by atoms with Crippen molar-refractivity contribution in [3.05, 3.63) is 41.5 Å². The molecule has 0 radical (unpaired) electrons. The van der Waals surface area contributed by atoms with Gasteiger partial charge in [0, 0.05) is 5.69 Å². The Kier molecular flexibility index (Phi) is 4.15. The quantitative estimate of drug-likeness (QED) is 0.908. The lowest BCUT2D eigenvalue weighted by Crippen LogP contribution is -2.29. The van der Waals surface area contributed by atoms with Crippen molar-refractivity contribution in [1.29, 1.82) is 0 Å². The standard InChI is InChI=1S/C15H18FN5O/c1-10-6-11(16)8-12(7-10)18-15(22)14-9-21(20-19-14)13-2-4-17-5-3-13/h6-9,13,17H,2-5H2,1H3,(H,18,22). The SMILES string of the molecule is Cc1cc(F)cc(NC(=O)c2cn(C3CCNCC3)nn2)c1. The summed E-state index contributed by atoms with van der Waals surface area (Å²) in [6, 6.07) is 4.66. The number of aryl methyl sites for hydroxylation is 1. The number of halogens is 1. The topological polar surface area (TPSA) is 71.8 Å². The minimum absolute atomic E-state index is 0.237. The molecule has 6 nitrogen and oxygen atoms in total. The van der Waals surface area contributed by atoms with Gasteiger partial charge < -0.3 is 10.6 Å². The lowest BCUT2D eigenvalue weighted by Gasteiger charge is -2.22. The number of carbonyl (C=O) groups is 1. The summed E-state index contributed by atoms with van der Waals surface area (Å²) in [6.07, 6.45) is 3.58. The molecule has 0 aliphatic carbocycles. The van der Waals surface area contributed by atoms with Gasteiger partial charge in [0.1, 0.15) is 5.82 Å². The van der Waals surface area contributed by atoms with E-state index in [1.54, 1.807) is 23.9 Å². The summed E-state index contributed by atoms with van der Waals surface area (Å²) in [5.74, 6) is -0.765. The van der Waals surface area contributed by atoms with Gasteiger partial charge in [-0.2, -0.15) is 0 Å². The van der Waals surface area contributed by atoms with Gasteiger partial charge in [0.05, 0.1) is 12.2 Å². The van der Waals surface area contributed by atoms with E-state index in [4.69, 9.17) is 0 Å². The smallest absolute Gasteiger partial charge is 0.277 e. The predicted molar refractivity (Wildman–Crippen MR) is 80.3 cm³/mol. The molecule has 1 aromatic carbocycles. The highest BCUT2D eigenvalue weighted by Gasteiger charge is 2.18. The normalized spacial score (nSPS) is 15.7. The second-order valence-corrected chi connectivity index (χ2v) is 5.54. The highest BCUT2D eigenvalue weighted by Crippen LogP contribution is 2.18. The first-order chi connectivity index (χ1) is 10.6. The largest absolute Gasteiger partial charge is 0.320 e. The summed E-state index contributed by atoms with van der Waals surface area (Å²) in [7, 11) is 0. The van der Waals surface area contributed by atoms with E-state index in [1.165, 1.54) is 12.1 Å². The van der Waals surface area contributed by atoms with Crippen LogP contribution in [0, 0.1) is 12.7 Å². The Bertz CT molecular complexity index is 658. The zero-order valence-electron chi connectivity index (χ0n) is 12.3. The molecule has 1 aliphatic rings. The summed E-state index contributed by atoms with van der Waals surface area (Å²) in [5, 5.41) is 13.9. The van der Waals surface area contributed by atoms with E-state index in [1.807, 2.05) is 0 Å². The number of benzene rings is 1. The number of hydrogen-bond donors (Lipinski definition) is 2. The van der Waals surface area contributed by atoms with Gasteiger partial charge in [-0.25, -0.2) is 9.07 Å². The summed E-state index contributed by atoms with van der Waals surface area (Å²) in [5.41, 5.74) is 1.40. The lowest BCUT2D eigenvalue weighted by molar-refractivity contribution is 0.102. The van der Waals surface area contributed by atoms with Crippen LogP contribution in [0.25, 0.3) is 0 Å². The summed E-state index contributed by atoms with van der Waals surface area (Å²) in [4.78, 5) is 12.2. The molecule has 1 saturated heterocycles. The number of aromatic nitrogens is 3. The molecule has 2 aromatic rings. The van der Waals surface area contributed by atoms with Crippen LogP contribution in [-0.4, -0.2) is 34.0 Å². The van der Waals surface area contributed by atoms with E-state index in [0.29, 0.717) is 5.69 Å². The maximum Gasteiger partial charge on any atom is 0.277 e. The van der Waals surface area contributed by atoms with Gasteiger partial charge in [0.2, 0.25) is 0 Å². The van der Waals surface area contributed by atoms with Gasteiger partial charge in [-0.1, -0.05) is 5.21 Å². The minimum atomic E-state index is -0.384. The Morgan fingerprint density at radius 3 is 2.86 bits per heavy atom. The van der Waals surface area contributed by atoms with Crippen molar-refractivity contribution in [1.82, 2.24) is 20.3 Å². The third-order valence-electron chi connectivity index (χ3n) is 3.73. The van der Waals surface area contributed by atoms with Gasteiger partial charge in [-0.3, -0.25) is 4.79 Å².